The molecule has 0 radical (unpaired) electrons. The minimum Gasteiger partial charge on any atom is -0.235 e. The molecule has 0 fully saturated rings. The topological polar surface area (TPSA) is 25.8 Å². The summed E-state index contributed by atoms with van der Waals surface area (Å²) in [5.74, 6) is 0.00562. The first-order valence-corrected chi connectivity index (χ1v) is 4.86. The summed E-state index contributed by atoms with van der Waals surface area (Å²) in [7, 11) is 0. The van der Waals surface area contributed by atoms with Gasteiger partial charge in [-0.1, -0.05) is 35.3 Å². The minimum atomic E-state index is -0.345. The van der Waals surface area contributed by atoms with Gasteiger partial charge in [0.2, 0.25) is 0 Å². The predicted octanol–water partition coefficient (Wildman–Crippen LogP) is 3.59. The van der Waals surface area contributed by atoms with Crippen LogP contribution < -0.4 is 0 Å². The largest absolute Gasteiger partial charge is 0.235 e. The normalized spacial score (nSPS) is 10.3. The van der Waals surface area contributed by atoms with E-state index in [1.807, 2.05) is 0 Å². The SMILES string of the molecule is Fc1cccc(-c2ncc(Cl)c(Cl)n2)c1. The van der Waals surface area contributed by atoms with Crippen LogP contribution in [-0.2, 0) is 0 Å². The summed E-state index contributed by atoms with van der Waals surface area (Å²) < 4.78 is 12.9. The summed E-state index contributed by atoms with van der Waals surface area (Å²) in [6.45, 7) is 0. The molecule has 0 aliphatic carbocycles. The maximum Gasteiger partial charge on any atom is 0.161 e. The second kappa shape index (κ2) is 4.13. The highest BCUT2D eigenvalue weighted by molar-refractivity contribution is 6.41. The fraction of sp³-hybridized carbons (Fsp3) is 0. The van der Waals surface area contributed by atoms with E-state index in [-0.39, 0.29) is 16.0 Å². The van der Waals surface area contributed by atoms with Crippen molar-refractivity contribution < 1.29 is 4.39 Å². The van der Waals surface area contributed by atoms with Crippen LogP contribution in [0.2, 0.25) is 10.2 Å². The maximum atomic E-state index is 12.9. The lowest BCUT2D eigenvalue weighted by atomic mass is 10.2. The third-order valence-electron chi connectivity index (χ3n) is 1.78. The molecule has 1 heterocycles. The van der Waals surface area contributed by atoms with Gasteiger partial charge in [0.25, 0.3) is 0 Å². The van der Waals surface area contributed by atoms with Gasteiger partial charge in [-0.25, -0.2) is 14.4 Å². The third-order valence-corrected chi connectivity index (χ3v) is 2.45. The number of halogens is 3. The Morgan fingerprint density at radius 3 is 2.67 bits per heavy atom. The molecule has 2 rings (SSSR count). The van der Waals surface area contributed by atoms with Crippen molar-refractivity contribution in [2.75, 3.05) is 0 Å². The summed E-state index contributed by atoms with van der Waals surface area (Å²) in [4.78, 5) is 7.90. The molecule has 2 aromatic rings. The fourth-order valence-corrected chi connectivity index (χ4v) is 1.33. The van der Waals surface area contributed by atoms with Crippen LogP contribution in [-0.4, -0.2) is 9.97 Å². The molecule has 0 N–H and O–H groups in total. The van der Waals surface area contributed by atoms with Gasteiger partial charge in [-0.3, -0.25) is 0 Å². The van der Waals surface area contributed by atoms with Gasteiger partial charge < -0.3 is 0 Å². The van der Waals surface area contributed by atoms with E-state index in [1.54, 1.807) is 12.1 Å². The van der Waals surface area contributed by atoms with Crippen molar-refractivity contribution in [1.29, 1.82) is 0 Å². The molecule has 0 spiro atoms. The number of hydrogen-bond acceptors (Lipinski definition) is 2. The first kappa shape index (κ1) is 10.3. The first-order chi connectivity index (χ1) is 7.16. The molecule has 2 nitrogen and oxygen atoms in total. The standard InChI is InChI=1S/C10H5Cl2FN2/c11-8-5-14-10(15-9(8)12)6-2-1-3-7(13)4-6/h1-5H. The molecule has 15 heavy (non-hydrogen) atoms. The van der Waals surface area contributed by atoms with Crippen LogP contribution in [0, 0.1) is 5.82 Å². The maximum absolute atomic E-state index is 12.9. The molecule has 1 aromatic carbocycles. The fourth-order valence-electron chi connectivity index (χ4n) is 1.11. The molecule has 5 heteroatoms. The Kier molecular flexibility index (Phi) is 2.84. The zero-order chi connectivity index (χ0) is 10.8. The molecule has 76 valence electrons. The van der Waals surface area contributed by atoms with Crippen molar-refractivity contribution >= 4 is 23.2 Å². The predicted molar refractivity (Wildman–Crippen MR) is 57.4 cm³/mol. The Bertz CT molecular complexity index is 503. The summed E-state index contributed by atoms with van der Waals surface area (Å²) in [5.41, 5.74) is 0.563. The smallest absolute Gasteiger partial charge is 0.161 e. The first-order valence-electron chi connectivity index (χ1n) is 4.11. The summed E-state index contributed by atoms with van der Waals surface area (Å²) in [5, 5.41) is 0.433. The van der Waals surface area contributed by atoms with Gasteiger partial charge in [-0.15, -0.1) is 0 Å². The van der Waals surface area contributed by atoms with Crippen LogP contribution in [0.15, 0.2) is 30.5 Å². The van der Waals surface area contributed by atoms with Gasteiger partial charge in [-0.05, 0) is 12.1 Å². The highest BCUT2D eigenvalue weighted by atomic mass is 35.5. The molecular weight excluding hydrogens is 238 g/mol. The average Bonchev–Trinajstić information content (AvgIpc) is 2.22. The lowest BCUT2D eigenvalue weighted by Gasteiger charge is -2.01. The van der Waals surface area contributed by atoms with Crippen molar-refractivity contribution in [2.45, 2.75) is 0 Å². The van der Waals surface area contributed by atoms with Crippen LogP contribution >= 0.6 is 23.2 Å². The molecule has 1 aromatic heterocycles. The molecule has 0 bridgehead atoms. The molecule has 0 aliphatic heterocycles. The van der Waals surface area contributed by atoms with Gasteiger partial charge in [0.1, 0.15) is 5.82 Å². The molecule has 0 aliphatic rings. The third kappa shape index (κ3) is 2.25. The minimum absolute atomic E-state index is 0.158. The number of aromatic nitrogens is 2. The van der Waals surface area contributed by atoms with Crippen molar-refractivity contribution in [3.05, 3.63) is 46.5 Å². The molecule has 0 unspecified atom stereocenters. The van der Waals surface area contributed by atoms with Crippen molar-refractivity contribution in [1.82, 2.24) is 9.97 Å². The molecule has 0 amide bonds. The highest BCUT2D eigenvalue weighted by Crippen LogP contribution is 2.22. The number of rotatable bonds is 1. The lowest BCUT2D eigenvalue weighted by Crippen LogP contribution is -1.90. The molecule has 0 atom stereocenters. The Hall–Kier alpha value is -1.19. The Morgan fingerprint density at radius 1 is 1.20 bits per heavy atom. The quantitative estimate of drug-likeness (QED) is 0.715. The number of nitrogens with zero attached hydrogens (tertiary/aromatic N) is 2. The summed E-state index contributed by atoms with van der Waals surface area (Å²) >= 11 is 11.4. The van der Waals surface area contributed by atoms with E-state index in [1.165, 1.54) is 18.3 Å². The van der Waals surface area contributed by atoms with Crippen molar-refractivity contribution in [3.8, 4) is 11.4 Å². The van der Waals surface area contributed by atoms with Crippen LogP contribution in [0.4, 0.5) is 4.39 Å². The Balaban J connectivity index is 2.50. The lowest BCUT2D eigenvalue weighted by molar-refractivity contribution is 0.628. The number of benzene rings is 1. The zero-order valence-electron chi connectivity index (χ0n) is 7.42. The van der Waals surface area contributed by atoms with Crippen LogP contribution in [0.3, 0.4) is 0 Å². The van der Waals surface area contributed by atoms with E-state index >= 15 is 0 Å². The van der Waals surface area contributed by atoms with Crippen LogP contribution in [0.1, 0.15) is 0 Å². The van der Waals surface area contributed by atoms with Gasteiger partial charge in [0, 0.05) is 5.56 Å². The number of hydrogen-bond donors (Lipinski definition) is 0. The van der Waals surface area contributed by atoms with E-state index in [9.17, 15) is 4.39 Å². The van der Waals surface area contributed by atoms with Crippen LogP contribution in [0.5, 0.6) is 0 Å². The highest BCUT2D eigenvalue weighted by Gasteiger charge is 2.05. The zero-order valence-corrected chi connectivity index (χ0v) is 8.93. The van der Waals surface area contributed by atoms with E-state index in [4.69, 9.17) is 23.2 Å². The van der Waals surface area contributed by atoms with Crippen molar-refractivity contribution in [3.63, 3.8) is 0 Å². The summed E-state index contributed by atoms with van der Waals surface area (Å²) in [6, 6.07) is 5.96. The van der Waals surface area contributed by atoms with E-state index in [0.717, 1.165) is 0 Å². The van der Waals surface area contributed by atoms with Gasteiger partial charge in [0.05, 0.1) is 11.2 Å². The average molecular weight is 243 g/mol. The van der Waals surface area contributed by atoms with E-state index in [0.29, 0.717) is 11.4 Å². The summed E-state index contributed by atoms with van der Waals surface area (Å²) in [6.07, 6.45) is 1.39. The Morgan fingerprint density at radius 2 is 2.00 bits per heavy atom. The van der Waals surface area contributed by atoms with Gasteiger partial charge in [-0.2, -0.15) is 0 Å². The van der Waals surface area contributed by atoms with E-state index < -0.39 is 0 Å². The molecule has 0 saturated heterocycles. The van der Waals surface area contributed by atoms with Gasteiger partial charge in [0.15, 0.2) is 11.0 Å². The Labute approximate surface area is 95.7 Å². The second-order valence-electron chi connectivity index (χ2n) is 2.84. The molecule has 0 saturated carbocycles. The van der Waals surface area contributed by atoms with Crippen molar-refractivity contribution in [2.24, 2.45) is 0 Å². The monoisotopic (exact) mass is 242 g/mol. The van der Waals surface area contributed by atoms with E-state index in [2.05, 4.69) is 9.97 Å². The molecular formula is C10H5Cl2FN2. The van der Waals surface area contributed by atoms with Crippen LogP contribution in [0.25, 0.3) is 11.4 Å². The second-order valence-corrected chi connectivity index (χ2v) is 3.61. The van der Waals surface area contributed by atoms with Gasteiger partial charge >= 0.3 is 0 Å².